The highest BCUT2D eigenvalue weighted by Crippen LogP contribution is 2.60. The topological polar surface area (TPSA) is 112 Å². The number of methoxy groups -OCH3 is 1. The van der Waals surface area contributed by atoms with Gasteiger partial charge >= 0.3 is 0 Å². The Labute approximate surface area is 283 Å². The molecule has 1 spiro atoms. The normalized spacial score (nSPS) is 22.4. The smallest absolute Gasteiger partial charge is 0.297 e. The summed E-state index contributed by atoms with van der Waals surface area (Å²) in [5.74, 6) is -0.499. The molecule has 2 aliphatic heterocycles. The number of aryl methyl sites for hydroxylation is 1. The fraction of sp³-hybridized carbons (Fsp3) is 0.500. The van der Waals surface area contributed by atoms with Crippen molar-refractivity contribution in [2.24, 2.45) is 5.92 Å². The summed E-state index contributed by atoms with van der Waals surface area (Å²) >= 11 is 0. The number of aliphatic hydroxyl groups excluding tert-OH is 1. The van der Waals surface area contributed by atoms with Crippen LogP contribution in [0, 0.1) is 5.92 Å². The number of aliphatic hydroxyl groups is 1. The molecule has 0 radical (unpaired) electrons. The zero-order valence-corrected chi connectivity index (χ0v) is 30.1. The molecule has 1 aromatic carbocycles. The Morgan fingerprint density at radius 3 is 2.65 bits per heavy atom. The van der Waals surface area contributed by atoms with Crippen molar-refractivity contribution in [3.63, 3.8) is 0 Å². The van der Waals surface area contributed by atoms with Crippen molar-refractivity contribution < 1.29 is 23.5 Å². The van der Waals surface area contributed by atoms with Gasteiger partial charge in [-0.2, -0.15) is 0 Å². The number of anilines is 1. The van der Waals surface area contributed by atoms with Crippen LogP contribution in [-0.2, 0) is 28.1 Å². The van der Waals surface area contributed by atoms with Crippen LogP contribution in [0.25, 0.3) is 5.69 Å². The second-order valence-electron chi connectivity index (χ2n) is 13.7. The molecule has 4 atom stereocenters. The zero-order valence-electron chi connectivity index (χ0n) is 29.1. The maximum absolute atomic E-state index is 16.4. The van der Waals surface area contributed by atoms with E-state index >= 15 is 4.11 Å². The minimum Gasteiger partial charge on any atom is -0.491 e. The summed E-state index contributed by atoms with van der Waals surface area (Å²) in [5.41, 5.74) is 2.76. The number of fused-ring (bicyclic) bond motifs is 2. The third-order valence-corrected chi connectivity index (χ3v) is 12.1. The first-order valence-corrected chi connectivity index (χ1v) is 19.7. The molecule has 0 saturated carbocycles. The predicted octanol–water partition coefficient (Wildman–Crippen LogP) is 5.88. The highest BCUT2D eigenvalue weighted by atomic mass is 28.4. The van der Waals surface area contributed by atoms with Crippen LogP contribution in [0.15, 0.2) is 70.8 Å². The van der Waals surface area contributed by atoms with Gasteiger partial charge in [0.2, 0.25) is 8.41 Å². The number of carbonyl (C=O) groups excluding carboxylic acids is 1. The molecule has 12 heteroatoms. The average molecular weight is 678 g/mol. The lowest BCUT2D eigenvalue weighted by atomic mass is 9.82. The highest BCUT2D eigenvalue weighted by Gasteiger charge is 2.66. The first-order chi connectivity index (χ1) is 22.8. The molecule has 10 nitrogen and oxygen atoms in total. The Hall–Kier alpha value is -3.87. The Morgan fingerprint density at radius 2 is 1.96 bits per heavy atom. The van der Waals surface area contributed by atoms with Gasteiger partial charge in [0, 0.05) is 61.2 Å². The number of halogens is 1. The van der Waals surface area contributed by atoms with Crippen LogP contribution < -0.4 is 15.2 Å². The summed E-state index contributed by atoms with van der Waals surface area (Å²) in [6.45, 7) is 12.3. The van der Waals surface area contributed by atoms with Gasteiger partial charge in [0.05, 0.1) is 24.6 Å². The van der Waals surface area contributed by atoms with Gasteiger partial charge in [-0.05, 0) is 83.5 Å². The molecule has 1 N–H and O–H groups in total. The molecule has 258 valence electrons. The third kappa shape index (κ3) is 6.83. The first-order valence-electron chi connectivity index (χ1n) is 16.7. The Morgan fingerprint density at radius 1 is 1.19 bits per heavy atom. The van der Waals surface area contributed by atoms with Gasteiger partial charge in [0.15, 0.2) is 11.4 Å². The number of allylic oxidation sites excluding steroid dienone is 3. The number of aromatic nitrogens is 4. The number of rotatable bonds is 13. The van der Waals surface area contributed by atoms with E-state index in [1.54, 1.807) is 47.2 Å². The molecule has 48 heavy (non-hydrogen) atoms. The summed E-state index contributed by atoms with van der Waals surface area (Å²) in [5, 5.41) is 17.6. The second-order valence-corrected chi connectivity index (χ2v) is 17.5. The molecule has 2 aromatic heterocycles. The minimum absolute atomic E-state index is 0.0275. The van der Waals surface area contributed by atoms with Crippen LogP contribution >= 0.6 is 0 Å². The summed E-state index contributed by atoms with van der Waals surface area (Å²) in [4.78, 5) is 29.8. The van der Waals surface area contributed by atoms with Gasteiger partial charge < -0.3 is 23.6 Å². The number of amides is 1. The monoisotopic (exact) mass is 677 g/mol. The summed E-state index contributed by atoms with van der Waals surface area (Å²) in [6.07, 6.45) is 9.80. The van der Waals surface area contributed by atoms with Crippen molar-refractivity contribution in [2.75, 3.05) is 25.2 Å². The van der Waals surface area contributed by atoms with Gasteiger partial charge in [-0.3, -0.25) is 18.8 Å². The van der Waals surface area contributed by atoms with Crippen molar-refractivity contribution >= 4 is 20.0 Å². The largest absolute Gasteiger partial charge is 0.491 e. The number of benzene rings is 1. The van der Waals surface area contributed by atoms with Gasteiger partial charge in [-0.15, -0.1) is 5.10 Å². The molecule has 5 rings (SSSR count). The lowest BCUT2D eigenvalue weighted by Gasteiger charge is -2.31. The van der Waals surface area contributed by atoms with Crippen LogP contribution in [0.5, 0.6) is 5.75 Å². The van der Waals surface area contributed by atoms with E-state index in [1.165, 1.54) is 22.8 Å². The average Bonchev–Trinajstić information content (AvgIpc) is 3.68. The summed E-state index contributed by atoms with van der Waals surface area (Å²) in [7, 11) is -1.93. The molecule has 4 heterocycles. The summed E-state index contributed by atoms with van der Waals surface area (Å²) < 4.78 is 31.8. The van der Waals surface area contributed by atoms with E-state index < -0.39 is 31.6 Å². The lowest BCUT2D eigenvalue weighted by molar-refractivity contribution is -0.145. The number of pyridine rings is 1. The van der Waals surface area contributed by atoms with Crippen molar-refractivity contribution in [3.8, 4) is 11.4 Å². The molecular formula is C36H48FN5O5Si. The lowest BCUT2D eigenvalue weighted by Crippen LogP contribution is -2.45. The molecule has 2 aliphatic rings. The maximum atomic E-state index is 16.4. The van der Waals surface area contributed by atoms with E-state index in [2.05, 4.69) is 43.2 Å². The van der Waals surface area contributed by atoms with E-state index in [9.17, 15) is 14.7 Å². The van der Waals surface area contributed by atoms with Crippen molar-refractivity contribution in [2.45, 2.75) is 90.3 Å². The number of hydrogen-bond donors (Lipinski definition) is 1. The molecule has 0 bridgehead atoms. The fourth-order valence-electron chi connectivity index (χ4n) is 7.34. The van der Waals surface area contributed by atoms with Crippen molar-refractivity contribution in [1.29, 1.82) is 0 Å². The van der Waals surface area contributed by atoms with E-state index in [0.717, 1.165) is 12.8 Å². The standard InChI is InChI=1S/C36H48FN5O5Si/c1-24(2)10-8-11-25(3)15-20-42-30-14-13-28(41-18-9-12-32(46-5)34(41)44)22-29(30)36(35(42)45)26(4)33(48(6,7)37)31(47-36)16-19-40-23-27(17-21-43)38-39-40/h9-10,12-15,18,22-23,26,31,33,43H,8,11,16-17,19-21H2,1-7H3/b25-15+/t26-,31+,33-,36+/m0/s1. The fourth-order valence-corrected chi connectivity index (χ4v) is 9.89. The molecule has 1 fully saturated rings. The Kier molecular flexibility index (Phi) is 10.6. The number of hydrogen-bond acceptors (Lipinski definition) is 7. The second kappa shape index (κ2) is 14.3. The maximum Gasteiger partial charge on any atom is 0.297 e. The van der Waals surface area contributed by atoms with Crippen LogP contribution in [0.2, 0.25) is 18.6 Å². The van der Waals surface area contributed by atoms with Gasteiger partial charge in [-0.1, -0.05) is 35.4 Å². The van der Waals surface area contributed by atoms with Gasteiger partial charge in [0.25, 0.3) is 11.5 Å². The van der Waals surface area contributed by atoms with Gasteiger partial charge in [0.1, 0.15) is 0 Å². The van der Waals surface area contributed by atoms with Crippen LogP contribution in [0.4, 0.5) is 9.80 Å². The number of nitrogens with zero attached hydrogens (tertiary/aromatic N) is 5. The van der Waals surface area contributed by atoms with Gasteiger partial charge in [-0.25, -0.2) is 0 Å². The SMILES string of the molecule is COc1cccn(-c2ccc3c(c2)[C@@]2(O[C@H](CCn4cc(CCO)nn4)[C@@H]([Si](C)(C)F)[C@@H]2C)C(=O)N3C/C=C(\C)CCC=C(C)C)c1=O. The number of ether oxygens (including phenoxy) is 2. The predicted molar refractivity (Wildman–Crippen MR) is 187 cm³/mol. The Bertz CT molecular complexity index is 1760. The molecule has 1 amide bonds. The number of carbonyl (C=O) groups is 1. The van der Waals surface area contributed by atoms with E-state index in [1.807, 2.05) is 25.1 Å². The minimum atomic E-state index is -3.39. The van der Waals surface area contributed by atoms with E-state index in [-0.39, 0.29) is 23.8 Å². The van der Waals surface area contributed by atoms with Crippen molar-refractivity contribution in [1.82, 2.24) is 19.6 Å². The third-order valence-electron chi connectivity index (χ3n) is 9.67. The molecule has 0 aliphatic carbocycles. The molecule has 0 unspecified atom stereocenters. The molecular weight excluding hydrogens is 630 g/mol. The first kappa shape index (κ1) is 35.4. The Balaban J connectivity index is 1.57. The van der Waals surface area contributed by atoms with Crippen LogP contribution in [0.3, 0.4) is 0 Å². The zero-order chi connectivity index (χ0) is 34.8. The summed E-state index contributed by atoms with van der Waals surface area (Å²) in [6, 6.07) is 8.88. The van der Waals surface area contributed by atoms with E-state index in [4.69, 9.17) is 9.47 Å². The quantitative estimate of drug-likeness (QED) is 0.137. The molecule has 1 saturated heterocycles. The highest BCUT2D eigenvalue weighted by molar-refractivity contribution is 6.72. The van der Waals surface area contributed by atoms with Crippen molar-refractivity contribution in [3.05, 3.63) is 87.6 Å². The molecule has 3 aromatic rings. The van der Waals surface area contributed by atoms with E-state index in [0.29, 0.717) is 48.6 Å². The van der Waals surface area contributed by atoms with Crippen LogP contribution in [0.1, 0.15) is 58.2 Å². The van der Waals surface area contributed by atoms with Crippen LogP contribution in [-0.4, -0.2) is 65.3 Å².